The van der Waals surface area contributed by atoms with Gasteiger partial charge in [0.1, 0.15) is 34.7 Å². The Kier molecular flexibility index (Phi) is 15.5. The fraction of sp³-hybridized carbons (Fsp3) is 0.415. The minimum absolute atomic E-state index is 0.00257. The van der Waals surface area contributed by atoms with Crippen LogP contribution in [-0.2, 0) is 16.1 Å². The van der Waals surface area contributed by atoms with Crippen molar-refractivity contribution in [3.05, 3.63) is 143 Å². The number of thioether (sulfide) groups is 1. The predicted octanol–water partition coefficient (Wildman–Crippen LogP) is 11.0. The normalized spacial score (nSPS) is 22.7. The lowest BCUT2D eigenvalue weighted by molar-refractivity contribution is -0.255. The van der Waals surface area contributed by atoms with E-state index in [4.69, 9.17) is 24.2 Å². The van der Waals surface area contributed by atoms with E-state index in [0.29, 0.717) is 52.5 Å². The number of nitriles is 1. The largest absolute Gasteiger partial charge is 0.459 e. The molecule has 4 aromatic rings. The number of rotatable bonds is 19. The molecule has 1 heterocycles. The minimum atomic E-state index is -1.53. The number of halogens is 1. The lowest BCUT2D eigenvalue weighted by Gasteiger charge is -2.60. The maximum atomic E-state index is 15.3. The molecule has 1 saturated carbocycles. The Morgan fingerprint density at radius 2 is 1.68 bits per heavy atom. The van der Waals surface area contributed by atoms with Gasteiger partial charge in [-0.2, -0.15) is 5.26 Å². The van der Waals surface area contributed by atoms with Crippen LogP contribution in [0, 0.1) is 34.9 Å². The van der Waals surface area contributed by atoms with Gasteiger partial charge in [0, 0.05) is 48.1 Å². The molecule has 0 aromatic heterocycles. The number of hydrogen-bond acceptors (Lipinski definition) is 10. The first kappa shape index (κ1) is 47.5. The molecule has 12 heteroatoms. The van der Waals surface area contributed by atoms with E-state index in [1.54, 1.807) is 59.1 Å². The number of carbonyl (C=O) groups excluding carboxylic acids is 1. The van der Waals surface area contributed by atoms with Crippen molar-refractivity contribution in [1.82, 2.24) is 4.90 Å². The van der Waals surface area contributed by atoms with Crippen LogP contribution in [0.4, 0.5) is 4.39 Å². The molecule has 6 atom stereocenters. The molecule has 0 spiro atoms. The van der Waals surface area contributed by atoms with E-state index in [0.717, 1.165) is 41.7 Å². The summed E-state index contributed by atoms with van der Waals surface area (Å²) in [5.74, 6) is -1.13. The molecule has 1 fully saturated rings. The number of unbranched alkanes of at least 4 members (excludes halogenated alkanes) is 2. The molecule has 10 nitrogen and oxygen atoms in total. The molecule has 3 aliphatic rings. The van der Waals surface area contributed by atoms with E-state index in [-0.39, 0.29) is 56.4 Å². The van der Waals surface area contributed by atoms with Crippen molar-refractivity contribution < 1.29 is 38.4 Å². The van der Waals surface area contributed by atoms with E-state index >= 15 is 4.79 Å². The third kappa shape index (κ3) is 10.8. The summed E-state index contributed by atoms with van der Waals surface area (Å²) in [5, 5.41) is 34.6. The molecule has 0 saturated heterocycles. The fourth-order valence-electron chi connectivity index (χ4n) is 9.65. The monoisotopic (exact) mass is 901 g/mol. The second-order valence-electron chi connectivity index (χ2n) is 18.0. The number of carbonyl (C=O) groups is 1. The van der Waals surface area contributed by atoms with Gasteiger partial charge in [-0.15, -0.1) is 18.3 Å². The van der Waals surface area contributed by atoms with Crippen molar-refractivity contribution in [1.29, 1.82) is 5.26 Å². The zero-order chi connectivity index (χ0) is 46.1. The summed E-state index contributed by atoms with van der Waals surface area (Å²) in [6.07, 6.45) is 10.6. The third-order valence-electron chi connectivity index (χ3n) is 12.5. The molecule has 4 aromatic carbocycles. The minimum Gasteiger partial charge on any atom is -0.459 e. The molecule has 342 valence electrons. The molecular weight excluding hydrogens is 842 g/mol. The summed E-state index contributed by atoms with van der Waals surface area (Å²) < 4.78 is 35.6. The summed E-state index contributed by atoms with van der Waals surface area (Å²) in [5.41, 5.74) is 3.29. The number of aliphatic hydroxyl groups excluding tert-OH is 2. The Morgan fingerprint density at radius 3 is 2.32 bits per heavy atom. The second-order valence-corrected chi connectivity index (χ2v) is 18.9. The standard InChI is InChI=1S/C53H60FN3O7S/c1-6-29-61-53-48(57(34-36-15-19-39(54)20-16-36)51(60)37-17-13-35(33-55)14-18-37)32-46(56-64-52(2,3)4)44-30-38(11-7-9-27-58)43(12-8-10-28-59)49(50(44)53)45-31-41(23-26-47(45)63-53)62-40-21-24-42(65-5)25-22-40/h6,13-26,30-31,38,43,48-50,58-59H,1,7-12,27-29,32,34H2,2-5H3/t38-,43+,48-,49+,50+,53+/m0/s1. The van der Waals surface area contributed by atoms with Crippen LogP contribution >= 0.6 is 11.8 Å². The summed E-state index contributed by atoms with van der Waals surface area (Å²) in [6.45, 7) is 10.2. The lowest BCUT2D eigenvalue weighted by Crippen LogP contribution is -2.70. The molecular formula is C53H60FN3O7S. The van der Waals surface area contributed by atoms with Gasteiger partial charge in [0.25, 0.3) is 5.91 Å². The first-order valence-electron chi connectivity index (χ1n) is 22.6. The number of ether oxygens (including phenoxy) is 3. The summed E-state index contributed by atoms with van der Waals surface area (Å²) in [4.78, 5) is 24.5. The number of benzene rings is 4. The number of oxime groups is 1. The van der Waals surface area contributed by atoms with Gasteiger partial charge in [0.05, 0.1) is 29.9 Å². The van der Waals surface area contributed by atoms with E-state index in [1.165, 1.54) is 12.1 Å². The average molecular weight is 902 g/mol. The van der Waals surface area contributed by atoms with Crippen LogP contribution in [0.3, 0.4) is 0 Å². The van der Waals surface area contributed by atoms with Gasteiger partial charge in [0.2, 0.25) is 5.79 Å². The number of hydrogen-bond donors (Lipinski definition) is 2. The summed E-state index contributed by atoms with van der Waals surface area (Å²) >= 11 is 1.66. The highest BCUT2D eigenvalue weighted by Crippen LogP contribution is 2.62. The van der Waals surface area contributed by atoms with E-state index in [9.17, 15) is 19.9 Å². The lowest BCUT2D eigenvalue weighted by atomic mass is 9.55. The predicted molar refractivity (Wildman–Crippen MR) is 252 cm³/mol. The van der Waals surface area contributed by atoms with Crippen molar-refractivity contribution in [3.63, 3.8) is 0 Å². The Hall–Kier alpha value is -5.45. The molecule has 0 bridgehead atoms. The van der Waals surface area contributed by atoms with E-state index in [2.05, 4.69) is 24.8 Å². The van der Waals surface area contributed by atoms with Crippen molar-refractivity contribution in [2.24, 2.45) is 22.9 Å². The van der Waals surface area contributed by atoms with Crippen LogP contribution in [0.15, 0.2) is 125 Å². The highest BCUT2D eigenvalue weighted by molar-refractivity contribution is 7.98. The van der Waals surface area contributed by atoms with Crippen LogP contribution in [0.25, 0.3) is 0 Å². The Balaban J connectivity index is 1.49. The van der Waals surface area contributed by atoms with Crippen LogP contribution in [0.5, 0.6) is 17.2 Å². The Labute approximate surface area is 386 Å². The molecule has 0 unspecified atom stereocenters. The quantitative estimate of drug-likeness (QED) is 0.0408. The fourth-order valence-corrected chi connectivity index (χ4v) is 10.1. The summed E-state index contributed by atoms with van der Waals surface area (Å²) in [7, 11) is 0. The first-order valence-corrected chi connectivity index (χ1v) is 23.8. The zero-order valence-electron chi connectivity index (χ0n) is 37.8. The molecule has 1 amide bonds. The average Bonchev–Trinajstić information content (AvgIpc) is 3.31. The number of allylic oxidation sites excluding steroid dienone is 1. The van der Waals surface area contributed by atoms with E-state index < -0.39 is 29.2 Å². The molecule has 1 aliphatic heterocycles. The third-order valence-corrected chi connectivity index (χ3v) is 13.3. The van der Waals surface area contributed by atoms with Crippen LogP contribution in [-0.4, -0.2) is 70.2 Å². The van der Waals surface area contributed by atoms with Gasteiger partial charge >= 0.3 is 0 Å². The number of amides is 1. The van der Waals surface area contributed by atoms with Gasteiger partial charge in [-0.3, -0.25) is 4.79 Å². The SMILES string of the molecule is C=CCO[C@@]12Oc3ccc(Oc4ccc(SC)cc4)cc3[C@H]3[C@H](CCCCO)[C@@H](CCCCO)C=C(C(=NOC(C)(C)C)C[C@@H]1N(Cc1ccc(F)cc1)C(=O)c1ccc(C#N)cc1)[C@H]32. The van der Waals surface area contributed by atoms with Crippen LogP contribution in [0.2, 0.25) is 0 Å². The highest BCUT2D eigenvalue weighted by atomic mass is 32.2. The number of aliphatic hydroxyl groups is 2. The maximum absolute atomic E-state index is 15.3. The Morgan fingerprint density at radius 1 is 0.985 bits per heavy atom. The first-order chi connectivity index (χ1) is 31.4. The van der Waals surface area contributed by atoms with Gasteiger partial charge in [-0.25, -0.2) is 4.39 Å². The van der Waals surface area contributed by atoms with Crippen molar-refractivity contribution in [2.45, 2.75) is 101 Å². The van der Waals surface area contributed by atoms with Crippen LogP contribution in [0.1, 0.15) is 98.7 Å². The smallest absolute Gasteiger partial charge is 0.254 e. The van der Waals surface area contributed by atoms with Crippen molar-refractivity contribution >= 4 is 23.4 Å². The highest BCUT2D eigenvalue weighted by Gasteiger charge is 2.65. The van der Waals surface area contributed by atoms with Gasteiger partial charge in [-0.05, 0) is 155 Å². The molecule has 0 radical (unpaired) electrons. The van der Waals surface area contributed by atoms with E-state index in [1.807, 2.05) is 63.4 Å². The molecule has 2 aliphatic carbocycles. The number of nitrogens with zero attached hydrogens (tertiary/aromatic N) is 3. The zero-order valence-corrected chi connectivity index (χ0v) is 38.6. The van der Waals surface area contributed by atoms with Crippen molar-refractivity contribution in [3.8, 4) is 23.3 Å². The topological polar surface area (TPSA) is 134 Å². The van der Waals surface area contributed by atoms with Crippen LogP contribution < -0.4 is 9.47 Å². The van der Waals surface area contributed by atoms with Gasteiger partial charge < -0.3 is 34.2 Å². The maximum Gasteiger partial charge on any atom is 0.254 e. The second kappa shape index (κ2) is 21.2. The van der Waals surface area contributed by atoms with Crippen molar-refractivity contribution in [2.75, 3.05) is 26.1 Å². The molecule has 65 heavy (non-hydrogen) atoms. The van der Waals surface area contributed by atoms with Gasteiger partial charge in [0.15, 0.2) is 0 Å². The van der Waals surface area contributed by atoms with Gasteiger partial charge in [-0.1, -0.05) is 42.3 Å². The molecule has 7 rings (SSSR count). The summed E-state index contributed by atoms with van der Waals surface area (Å²) in [6, 6.07) is 27.8. The number of fused-ring (bicyclic) bond motifs is 2. The molecule has 2 N–H and O–H groups in total. The Bertz CT molecular complexity index is 2370.